The van der Waals surface area contributed by atoms with Crippen LogP contribution in [-0.2, 0) is 11.3 Å². The third kappa shape index (κ3) is 5.90. The van der Waals surface area contributed by atoms with Gasteiger partial charge in [0.2, 0.25) is 0 Å². The molecule has 6 nitrogen and oxygen atoms in total. The number of aliphatic carboxylic acids is 1. The predicted molar refractivity (Wildman–Crippen MR) is 128 cm³/mol. The number of carboxylic acids is 1. The molecule has 1 N–H and O–H groups in total. The number of furan rings is 1. The molecule has 0 aliphatic carbocycles. The number of unbranched alkanes of at least 4 members (excludes halogenated alkanes) is 2. The third-order valence-electron chi connectivity index (χ3n) is 5.89. The Labute approximate surface area is 194 Å². The number of hydrogen-bond donors (Lipinski definition) is 1. The number of para-hydroxylation sites is 1. The molecule has 6 heteroatoms. The van der Waals surface area contributed by atoms with Crippen molar-refractivity contribution in [2.75, 3.05) is 6.61 Å². The number of benzene rings is 2. The molecule has 0 bridgehead atoms. The minimum Gasteiger partial charge on any atom is -0.493 e. The number of ether oxygens (including phenoxy) is 1. The van der Waals surface area contributed by atoms with E-state index in [4.69, 9.17) is 19.3 Å². The highest BCUT2D eigenvalue weighted by molar-refractivity contribution is 5.67. The van der Waals surface area contributed by atoms with Gasteiger partial charge in [-0.15, -0.1) is 0 Å². The average molecular weight is 447 g/mol. The molecule has 0 amide bonds. The zero-order chi connectivity index (χ0) is 23.0. The van der Waals surface area contributed by atoms with Gasteiger partial charge in [0.15, 0.2) is 0 Å². The summed E-state index contributed by atoms with van der Waals surface area (Å²) in [5, 5.41) is 8.76. The van der Waals surface area contributed by atoms with Gasteiger partial charge in [-0.1, -0.05) is 42.5 Å². The number of hydrogen-bond acceptors (Lipinski definition) is 5. The van der Waals surface area contributed by atoms with Crippen LogP contribution in [0.1, 0.15) is 49.9 Å². The van der Waals surface area contributed by atoms with E-state index in [1.807, 2.05) is 36.5 Å². The molecular formula is C27H30N2O4. The Kier molecular flexibility index (Phi) is 7.58. The van der Waals surface area contributed by atoms with E-state index in [0.29, 0.717) is 13.0 Å². The summed E-state index contributed by atoms with van der Waals surface area (Å²) >= 11 is 0. The summed E-state index contributed by atoms with van der Waals surface area (Å²) in [4.78, 5) is 17.8. The molecule has 1 aliphatic rings. The first-order valence-electron chi connectivity index (χ1n) is 11.5. The van der Waals surface area contributed by atoms with Gasteiger partial charge in [-0.25, -0.2) is 0 Å². The fourth-order valence-electron chi connectivity index (χ4n) is 4.08. The zero-order valence-electron chi connectivity index (χ0n) is 18.9. The van der Waals surface area contributed by atoms with E-state index in [1.54, 1.807) is 6.26 Å². The lowest BCUT2D eigenvalue weighted by Gasteiger charge is -2.28. The van der Waals surface area contributed by atoms with Crippen molar-refractivity contribution in [2.45, 2.75) is 51.4 Å². The lowest BCUT2D eigenvalue weighted by molar-refractivity contribution is -0.137. The number of rotatable bonds is 11. The molecule has 1 aromatic heterocycles. The van der Waals surface area contributed by atoms with Crippen molar-refractivity contribution in [3.63, 3.8) is 0 Å². The fourth-order valence-corrected chi connectivity index (χ4v) is 4.08. The van der Waals surface area contributed by atoms with Crippen molar-refractivity contribution in [3.05, 3.63) is 78.1 Å². The summed E-state index contributed by atoms with van der Waals surface area (Å²) < 4.78 is 11.6. The highest BCUT2D eigenvalue weighted by atomic mass is 16.5. The summed E-state index contributed by atoms with van der Waals surface area (Å²) in [5.74, 6) is 0.960. The molecule has 2 unspecified atom stereocenters. The second kappa shape index (κ2) is 11.0. The molecule has 0 saturated heterocycles. The van der Waals surface area contributed by atoms with Gasteiger partial charge >= 0.3 is 5.97 Å². The Morgan fingerprint density at radius 3 is 2.64 bits per heavy atom. The van der Waals surface area contributed by atoms with Crippen LogP contribution in [0, 0.1) is 0 Å². The maximum Gasteiger partial charge on any atom is 0.303 e. The van der Waals surface area contributed by atoms with Crippen molar-refractivity contribution in [2.24, 2.45) is 4.99 Å². The van der Waals surface area contributed by atoms with Gasteiger partial charge in [0.25, 0.3) is 0 Å². The molecule has 1 aliphatic heterocycles. The van der Waals surface area contributed by atoms with Crippen LogP contribution in [0.5, 0.6) is 5.75 Å². The van der Waals surface area contributed by atoms with Crippen LogP contribution in [0.25, 0.3) is 11.3 Å². The van der Waals surface area contributed by atoms with Gasteiger partial charge in [0.1, 0.15) is 17.7 Å². The van der Waals surface area contributed by atoms with E-state index in [-0.39, 0.29) is 18.6 Å². The molecular weight excluding hydrogens is 416 g/mol. The Morgan fingerprint density at radius 2 is 1.88 bits per heavy atom. The summed E-state index contributed by atoms with van der Waals surface area (Å²) in [5.41, 5.74) is 3.33. The maximum absolute atomic E-state index is 10.7. The van der Waals surface area contributed by atoms with Crippen molar-refractivity contribution in [1.29, 1.82) is 0 Å². The third-order valence-corrected chi connectivity index (χ3v) is 5.89. The van der Waals surface area contributed by atoms with E-state index in [2.05, 4.69) is 42.2 Å². The normalized spacial score (nSPS) is 18.0. The molecule has 0 radical (unpaired) electrons. The lowest BCUT2D eigenvalue weighted by Crippen LogP contribution is -2.31. The molecule has 0 spiro atoms. The minimum absolute atomic E-state index is 0.104. The largest absolute Gasteiger partial charge is 0.493 e. The topological polar surface area (TPSA) is 75.3 Å². The van der Waals surface area contributed by atoms with Crippen LogP contribution in [0.3, 0.4) is 0 Å². The highest BCUT2D eigenvalue weighted by Crippen LogP contribution is 2.35. The molecule has 3 aromatic rings. The Bertz CT molecular complexity index is 1060. The van der Waals surface area contributed by atoms with Crippen LogP contribution in [-0.4, -0.2) is 34.8 Å². The standard InChI is InChI=1S/C27H30N2O4/c1-20-18-28-27(23-8-4-5-9-25(23)33-16-6-2-3-11-26(30)31)29(20)19-21-12-14-22(15-13-21)24-10-7-17-32-24/h4-5,7-10,12-15,17-18,20,27H,2-3,6,11,16,19H2,1H3,(H,30,31). The van der Waals surface area contributed by atoms with Crippen molar-refractivity contribution < 1.29 is 19.1 Å². The quantitative estimate of drug-likeness (QED) is 0.369. The summed E-state index contributed by atoms with van der Waals surface area (Å²) in [6.45, 7) is 3.50. The number of carboxylic acid groups (broad SMARTS) is 1. The second-order valence-electron chi connectivity index (χ2n) is 8.35. The van der Waals surface area contributed by atoms with Crippen molar-refractivity contribution in [1.82, 2.24) is 4.90 Å². The Balaban J connectivity index is 1.40. The molecule has 33 heavy (non-hydrogen) atoms. The van der Waals surface area contributed by atoms with Crippen molar-refractivity contribution >= 4 is 12.2 Å². The number of nitrogens with zero attached hydrogens (tertiary/aromatic N) is 2. The van der Waals surface area contributed by atoms with E-state index < -0.39 is 5.97 Å². The second-order valence-corrected chi connectivity index (χ2v) is 8.35. The van der Waals surface area contributed by atoms with E-state index in [1.165, 1.54) is 5.56 Å². The molecule has 2 atom stereocenters. The van der Waals surface area contributed by atoms with Gasteiger partial charge in [-0.05, 0) is 49.9 Å². The first kappa shape index (κ1) is 22.8. The van der Waals surface area contributed by atoms with Crippen LogP contribution < -0.4 is 4.74 Å². The van der Waals surface area contributed by atoms with Gasteiger partial charge < -0.3 is 14.3 Å². The molecule has 2 heterocycles. The predicted octanol–water partition coefficient (Wildman–Crippen LogP) is 5.94. The SMILES string of the molecule is CC1C=NC(c2ccccc2OCCCCCC(=O)O)N1Cc1ccc(-c2ccco2)cc1. The molecule has 0 fully saturated rings. The average Bonchev–Trinajstić information content (AvgIpc) is 3.48. The number of aliphatic imine (C=N–C) groups is 1. The first-order chi connectivity index (χ1) is 16.1. The van der Waals surface area contributed by atoms with E-state index >= 15 is 0 Å². The summed E-state index contributed by atoms with van der Waals surface area (Å²) in [6, 6.07) is 20.6. The van der Waals surface area contributed by atoms with Crippen LogP contribution in [0.4, 0.5) is 0 Å². The first-order valence-corrected chi connectivity index (χ1v) is 11.5. The minimum atomic E-state index is -0.745. The van der Waals surface area contributed by atoms with Gasteiger partial charge in [0, 0.05) is 36.3 Å². The van der Waals surface area contributed by atoms with Gasteiger partial charge in [0.05, 0.1) is 12.9 Å². The van der Waals surface area contributed by atoms with E-state index in [9.17, 15) is 4.79 Å². The molecule has 0 saturated carbocycles. The molecule has 4 rings (SSSR count). The maximum atomic E-state index is 10.7. The van der Waals surface area contributed by atoms with Crippen LogP contribution >= 0.6 is 0 Å². The lowest BCUT2D eigenvalue weighted by atomic mass is 10.1. The summed E-state index contributed by atoms with van der Waals surface area (Å²) in [6.07, 6.45) is 6.15. The Hall–Kier alpha value is -3.38. The fraction of sp³-hybridized carbons (Fsp3) is 0.333. The number of carbonyl (C=O) groups is 1. The molecule has 172 valence electrons. The highest BCUT2D eigenvalue weighted by Gasteiger charge is 2.30. The van der Waals surface area contributed by atoms with Gasteiger partial charge in [-0.3, -0.25) is 14.7 Å². The summed E-state index contributed by atoms with van der Waals surface area (Å²) in [7, 11) is 0. The molecule has 2 aromatic carbocycles. The van der Waals surface area contributed by atoms with E-state index in [0.717, 1.165) is 42.0 Å². The Morgan fingerprint density at radius 1 is 1.06 bits per heavy atom. The van der Waals surface area contributed by atoms with Crippen molar-refractivity contribution in [3.8, 4) is 17.1 Å². The van der Waals surface area contributed by atoms with Crippen LogP contribution in [0.15, 0.2) is 76.3 Å². The van der Waals surface area contributed by atoms with Crippen LogP contribution in [0.2, 0.25) is 0 Å². The van der Waals surface area contributed by atoms with Gasteiger partial charge in [-0.2, -0.15) is 0 Å². The zero-order valence-corrected chi connectivity index (χ0v) is 18.9. The monoisotopic (exact) mass is 446 g/mol. The smallest absolute Gasteiger partial charge is 0.303 e.